The molecule has 1 unspecified atom stereocenters. The van der Waals surface area contributed by atoms with E-state index in [1.807, 2.05) is 37.3 Å². The van der Waals surface area contributed by atoms with Crippen LogP contribution < -0.4 is 0 Å². The Morgan fingerprint density at radius 1 is 1.05 bits per heavy atom. The third kappa shape index (κ3) is 2.92. The van der Waals surface area contributed by atoms with Gasteiger partial charge in [0.15, 0.2) is 0 Å². The van der Waals surface area contributed by atoms with Gasteiger partial charge in [-0.05, 0) is 55.0 Å². The Morgan fingerprint density at radius 2 is 1.80 bits per heavy atom. The topological polar surface area (TPSA) is 20.2 Å². The van der Waals surface area contributed by atoms with Crippen LogP contribution in [0, 0.1) is 0 Å². The van der Waals surface area contributed by atoms with Gasteiger partial charge in [0.25, 0.3) is 0 Å². The summed E-state index contributed by atoms with van der Waals surface area (Å²) in [5, 5.41) is 10.6. The van der Waals surface area contributed by atoms with E-state index in [-0.39, 0.29) is 0 Å². The van der Waals surface area contributed by atoms with E-state index >= 15 is 0 Å². The fourth-order valence-electron chi connectivity index (χ4n) is 2.74. The maximum absolute atomic E-state index is 10.6. The number of hydrogen-bond donors (Lipinski definition) is 1. The van der Waals surface area contributed by atoms with Crippen LogP contribution in [0.15, 0.2) is 53.4 Å². The molecule has 1 nitrogen and oxygen atoms in total. The average Bonchev–Trinajstić information content (AvgIpc) is 2.94. The first-order chi connectivity index (χ1) is 9.65. The molecule has 2 aromatic carbocycles. The highest BCUT2D eigenvalue weighted by atomic mass is 32.2. The third-order valence-corrected chi connectivity index (χ3v) is 5.28. The first-order valence-electron chi connectivity index (χ1n) is 7.18. The molecule has 1 N–H and O–H groups in total. The van der Waals surface area contributed by atoms with Crippen LogP contribution in [0.3, 0.4) is 0 Å². The van der Waals surface area contributed by atoms with Crippen molar-refractivity contribution in [2.45, 2.75) is 36.7 Å². The maximum Gasteiger partial charge on any atom is 0.0962 e. The van der Waals surface area contributed by atoms with E-state index < -0.39 is 5.60 Å². The summed E-state index contributed by atoms with van der Waals surface area (Å²) in [6.07, 6.45) is 3.71. The Hall–Kier alpha value is -1.25. The molecular formula is C18H20OS. The highest BCUT2D eigenvalue weighted by Gasteiger charge is 2.23. The van der Waals surface area contributed by atoms with Crippen molar-refractivity contribution in [1.29, 1.82) is 0 Å². The van der Waals surface area contributed by atoms with Crippen molar-refractivity contribution in [3.63, 3.8) is 0 Å². The van der Waals surface area contributed by atoms with Gasteiger partial charge in [-0.2, -0.15) is 0 Å². The third-order valence-electron chi connectivity index (χ3n) is 3.99. The van der Waals surface area contributed by atoms with Crippen LogP contribution in [-0.2, 0) is 18.4 Å². The average molecular weight is 284 g/mol. The fourth-order valence-corrected chi connectivity index (χ4v) is 3.75. The van der Waals surface area contributed by atoms with E-state index in [9.17, 15) is 5.11 Å². The predicted octanol–water partition coefficient (Wildman–Crippen LogP) is 4.18. The molecule has 0 fully saturated rings. The van der Waals surface area contributed by atoms with Crippen molar-refractivity contribution in [3.05, 3.63) is 65.2 Å². The zero-order valence-electron chi connectivity index (χ0n) is 11.8. The zero-order valence-corrected chi connectivity index (χ0v) is 12.6. The SMILES string of the molecule is CC(O)(CSc1ccc2c(c1)CCC2)c1ccccc1. The minimum Gasteiger partial charge on any atom is -0.385 e. The van der Waals surface area contributed by atoms with Crippen molar-refractivity contribution in [2.24, 2.45) is 0 Å². The van der Waals surface area contributed by atoms with Crippen LogP contribution in [-0.4, -0.2) is 10.9 Å². The Balaban J connectivity index is 1.70. The van der Waals surface area contributed by atoms with E-state index in [0.29, 0.717) is 5.75 Å². The smallest absolute Gasteiger partial charge is 0.0962 e. The van der Waals surface area contributed by atoms with E-state index in [1.165, 1.54) is 35.3 Å². The Labute approximate surface area is 125 Å². The van der Waals surface area contributed by atoms with Gasteiger partial charge >= 0.3 is 0 Å². The van der Waals surface area contributed by atoms with Crippen molar-refractivity contribution in [2.75, 3.05) is 5.75 Å². The molecule has 1 aliphatic rings. The van der Waals surface area contributed by atoms with Gasteiger partial charge < -0.3 is 5.11 Å². The first kappa shape index (κ1) is 13.7. The normalized spacial score (nSPS) is 16.7. The predicted molar refractivity (Wildman–Crippen MR) is 85.2 cm³/mol. The number of thioether (sulfide) groups is 1. The second-order valence-corrected chi connectivity index (χ2v) is 6.76. The van der Waals surface area contributed by atoms with Crippen LogP contribution in [0.1, 0.15) is 30.0 Å². The molecule has 0 spiro atoms. The van der Waals surface area contributed by atoms with E-state index in [4.69, 9.17) is 0 Å². The number of hydrogen-bond acceptors (Lipinski definition) is 2. The highest BCUT2D eigenvalue weighted by Crippen LogP contribution is 2.32. The van der Waals surface area contributed by atoms with Gasteiger partial charge in [0.1, 0.15) is 0 Å². The molecule has 0 saturated heterocycles. The van der Waals surface area contributed by atoms with Gasteiger partial charge in [0.2, 0.25) is 0 Å². The van der Waals surface area contributed by atoms with Gasteiger partial charge in [-0.15, -0.1) is 11.8 Å². The lowest BCUT2D eigenvalue weighted by atomic mass is 9.99. The van der Waals surface area contributed by atoms with E-state index in [0.717, 1.165) is 5.56 Å². The lowest BCUT2D eigenvalue weighted by Gasteiger charge is -2.23. The highest BCUT2D eigenvalue weighted by molar-refractivity contribution is 7.99. The summed E-state index contributed by atoms with van der Waals surface area (Å²) >= 11 is 1.74. The van der Waals surface area contributed by atoms with Gasteiger partial charge in [-0.25, -0.2) is 0 Å². The van der Waals surface area contributed by atoms with E-state index in [1.54, 1.807) is 11.8 Å². The second kappa shape index (κ2) is 5.63. The molecular weight excluding hydrogens is 264 g/mol. The largest absolute Gasteiger partial charge is 0.385 e. The summed E-state index contributed by atoms with van der Waals surface area (Å²) in [7, 11) is 0. The number of fused-ring (bicyclic) bond motifs is 1. The molecule has 0 radical (unpaired) electrons. The van der Waals surface area contributed by atoms with Crippen LogP contribution in [0.2, 0.25) is 0 Å². The quantitative estimate of drug-likeness (QED) is 0.850. The van der Waals surface area contributed by atoms with Crippen LogP contribution >= 0.6 is 11.8 Å². The van der Waals surface area contributed by atoms with Crippen LogP contribution in [0.25, 0.3) is 0 Å². The minimum atomic E-state index is -0.787. The molecule has 0 saturated carbocycles. The molecule has 0 aromatic heterocycles. The van der Waals surface area contributed by atoms with Crippen molar-refractivity contribution >= 4 is 11.8 Å². The molecule has 0 aliphatic heterocycles. The summed E-state index contributed by atoms with van der Waals surface area (Å²) in [5.74, 6) is 0.676. The minimum absolute atomic E-state index is 0.676. The maximum atomic E-state index is 10.6. The number of aliphatic hydroxyl groups is 1. The molecule has 1 atom stereocenters. The Kier molecular flexibility index (Phi) is 3.86. The molecule has 0 amide bonds. The fraction of sp³-hybridized carbons (Fsp3) is 0.333. The lowest BCUT2D eigenvalue weighted by Crippen LogP contribution is -2.24. The molecule has 0 bridgehead atoms. The molecule has 0 heterocycles. The lowest BCUT2D eigenvalue weighted by molar-refractivity contribution is 0.0839. The van der Waals surface area contributed by atoms with Gasteiger partial charge in [-0.3, -0.25) is 0 Å². The summed E-state index contributed by atoms with van der Waals surface area (Å²) < 4.78 is 0. The number of rotatable bonds is 4. The van der Waals surface area contributed by atoms with Crippen molar-refractivity contribution in [3.8, 4) is 0 Å². The summed E-state index contributed by atoms with van der Waals surface area (Å²) in [6, 6.07) is 16.7. The van der Waals surface area contributed by atoms with Crippen molar-refractivity contribution in [1.82, 2.24) is 0 Å². The Morgan fingerprint density at radius 3 is 2.60 bits per heavy atom. The zero-order chi connectivity index (χ0) is 14.0. The first-order valence-corrected chi connectivity index (χ1v) is 8.16. The Bertz CT molecular complexity index is 590. The summed E-state index contributed by atoms with van der Waals surface area (Å²) in [4.78, 5) is 1.27. The van der Waals surface area contributed by atoms with E-state index in [2.05, 4.69) is 18.2 Å². The summed E-state index contributed by atoms with van der Waals surface area (Å²) in [6.45, 7) is 1.89. The molecule has 3 rings (SSSR count). The van der Waals surface area contributed by atoms with Crippen LogP contribution in [0.4, 0.5) is 0 Å². The standard InChI is InChI=1S/C18H20OS/c1-18(19,16-8-3-2-4-9-16)13-20-17-11-10-14-6-5-7-15(14)12-17/h2-4,8-12,19H,5-7,13H2,1H3. The number of aryl methyl sites for hydroxylation is 2. The molecule has 104 valence electrons. The monoisotopic (exact) mass is 284 g/mol. The summed E-state index contributed by atoms with van der Waals surface area (Å²) in [5.41, 5.74) is 3.19. The molecule has 2 aromatic rings. The molecule has 1 aliphatic carbocycles. The molecule has 20 heavy (non-hydrogen) atoms. The van der Waals surface area contributed by atoms with Gasteiger partial charge in [0, 0.05) is 10.6 Å². The van der Waals surface area contributed by atoms with Crippen molar-refractivity contribution < 1.29 is 5.11 Å². The number of benzene rings is 2. The van der Waals surface area contributed by atoms with Gasteiger partial charge in [-0.1, -0.05) is 36.4 Å². The molecule has 2 heteroatoms. The second-order valence-electron chi connectivity index (χ2n) is 5.71. The van der Waals surface area contributed by atoms with Gasteiger partial charge in [0.05, 0.1) is 5.60 Å². The van der Waals surface area contributed by atoms with Crippen LogP contribution in [0.5, 0.6) is 0 Å².